The number of ether oxygens (including phenoxy) is 1. The molecule has 4 rings (SSSR count). The number of benzene rings is 1. The molecule has 1 N–H and O–H groups in total. The van der Waals surface area contributed by atoms with Gasteiger partial charge in [0, 0.05) is 49.3 Å². The molecule has 0 amide bonds. The van der Waals surface area contributed by atoms with Crippen molar-refractivity contribution in [1.29, 1.82) is 0 Å². The van der Waals surface area contributed by atoms with Crippen molar-refractivity contribution in [2.24, 2.45) is 10.9 Å². The van der Waals surface area contributed by atoms with Gasteiger partial charge in [-0.2, -0.15) is 0 Å². The molecule has 0 bridgehead atoms. The molecule has 3 aliphatic rings. The average Bonchev–Trinajstić information content (AvgIpc) is 3.55. The first kappa shape index (κ1) is 21.1. The Morgan fingerprint density at radius 3 is 2.67 bits per heavy atom. The molecule has 1 aliphatic heterocycles. The fourth-order valence-corrected chi connectivity index (χ4v) is 4.10. The summed E-state index contributed by atoms with van der Waals surface area (Å²) in [6.45, 7) is 2.84. The molecule has 4 nitrogen and oxygen atoms in total. The fourth-order valence-electron chi connectivity index (χ4n) is 3.79. The number of halogens is 3. The van der Waals surface area contributed by atoms with Gasteiger partial charge in [-0.25, -0.2) is 4.39 Å². The first-order chi connectivity index (χ1) is 12.7. The van der Waals surface area contributed by atoms with Crippen molar-refractivity contribution in [3.63, 3.8) is 0 Å². The summed E-state index contributed by atoms with van der Waals surface area (Å²) in [6, 6.07) is 5.10. The summed E-state index contributed by atoms with van der Waals surface area (Å²) in [6.07, 6.45) is 6.03. The van der Waals surface area contributed by atoms with Crippen LogP contribution in [0.5, 0.6) is 0 Å². The minimum Gasteiger partial charge on any atom is -0.378 e. The van der Waals surface area contributed by atoms with Gasteiger partial charge in [0.2, 0.25) is 0 Å². The lowest BCUT2D eigenvalue weighted by Gasteiger charge is -2.34. The zero-order chi connectivity index (χ0) is 18.1. The van der Waals surface area contributed by atoms with E-state index in [0.717, 1.165) is 50.8 Å². The predicted molar refractivity (Wildman–Crippen MR) is 118 cm³/mol. The molecule has 7 heteroatoms. The van der Waals surface area contributed by atoms with E-state index in [1.54, 1.807) is 12.1 Å². The molecule has 2 unspecified atom stereocenters. The van der Waals surface area contributed by atoms with Crippen molar-refractivity contribution < 1.29 is 9.13 Å². The zero-order valence-corrected chi connectivity index (χ0v) is 18.8. The van der Waals surface area contributed by atoms with Crippen molar-refractivity contribution in [3.05, 3.63) is 34.6 Å². The highest BCUT2D eigenvalue weighted by atomic mass is 127. The number of nitrogens with one attached hydrogen (secondary N) is 1. The number of hydrogen-bond acceptors (Lipinski definition) is 2. The number of rotatable bonds is 5. The summed E-state index contributed by atoms with van der Waals surface area (Å²) >= 11 is 6.20. The van der Waals surface area contributed by atoms with E-state index in [9.17, 15) is 4.39 Å². The molecule has 0 spiro atoms. The SMILES string of the molecule is CN=C(NC1CC1c1c(F)cccc1Cl)N1CCC(OCC2CC2)CC1.I. The van der Waals surface area contributed by atoms with E-state index < -0.39 is 0 Å². The lowest BCUT2D eigenvalue weighted by molar-refractivity contribution is 0.0131. The Morgan fingerprint density at radius 2 is 2.04 bits per heavy atom. The number of guanidine groups is 1. The van der Waals surface area contributed by atoms with Crippen LogP contribution >= 0.6 is 35.6 Å². The van der Waals surface area contributed by atoms with Crippen LogP contribution in [-0.4, -0.2) is 49.7 Å². The minimum atomic E-state index is -0.213. The molecule has 2 saturated carbocycles. The zero-order valence-electron chi connectivity index (χ0n) is 15.7. The van der Waals surface area contributed by atoms with E-state index in [1.807, 2.05) is 7.05 Å². The lowest BCUT2D eigenvalue weighted by Crippen LogP contribution is -2.47. The van der Waals surface area contributed by atoms with Crippen LogP contribution in [0.25, 0.3) is 0 Å². The molecule has 1 saturated heterocycles. The highest BCUT2D eigenvalue weighted by molar-refractivity contribution is 14.0. The maximum absolute atomic E-state index is 14.1. The van der Waals surface area contributed by atoms with E-state index in [4.69, 9.17) is 16.3 Å². The molecule has 27 heavy (non-hydrogen) atoms. The van der Waals surface area contributed by atoms with E-state index in [1.165, 1.54) is 18.9 Å². The summed E-state index contributed by atoms with van der Waals surface area (Å²) in [5.41, 5.74) is 0.634. The third-order valence-electron chi connectivity index (χ3n) is 5.69. The largest absolute Gasteiger partial charge is 0.378 e. The third-order valence-corrected chi connectivity index (χ3v) is 6.02. The molecule has 1 aromatic rings. The molecule has 3 fully saturated rings. The van der Waals surface area contributed by atoms with E-state index in [2.05, 4.69) is 15.2 Å². The monoisotopic (exact) mass is 507 g/mol. The van der Waals surface area contributed by atoms with E-state index in [-0.39, 0.29) is 41.8 Å². The van der Waals surface area contributed by atoms with Crippen molar-refractivity contribution in [2.75, 3.05) is 26.7 Å². The Hall–Kier alpha value is -0.600. The maximum Gasteiger partial charge on any atom is 0.193 e. The van der Waals surface area contributed by atoms with Crippen molar-refractivity contribution in [3.8, 4) is 0 Å². The van der Waals surface area contributed by atoms with Crippen molar-refractivity contribution in [2.45, 2.75) is 50.2 Å². The number of hydrogen-bond donors (Lipinski definition) is 1. The van der Waals surface area contributed by atoms with Gasteiger partial charge >= 0.3 is 0 Å². The predicted octanol–water partition coefficient (Wildman–Crippen LogP) is 4.42. The summed E-state index contributed by atoms with van der Waals surface area (Å²) < 4.78 is 20.1. The molecule has 2 atom stereocenters. The summed E-state index contributed by atoms with van der Waals surface area (Å²) in [7, 11) is 1.81. The second kappa shape index (κ2) is 9.27. The normalized spacial score (nSPS) is 25.9. The van der Waals surface area contributed by atoms with Crippen LogP contribution in [-0.2, 0) is 4.74 Å². The second-order valence-corrected chi connectivity index (χ2v) is 8.15. The number of likely N-dealkylation sites (tertiary alicyclic amines) is 1. The number of aliphatic imine (C=N–C) groups is 1. The smallest absolute Gasteiger partial charge is 0.193 e. The van der Waals surface area contributed by atoms with Gasteiger partial charge in [0.1, 0.15) is 5.82 Å². The Bertz CT molecular complexity index is 657. The third kappa shape index (κ3) is 5.26. The van der Waals surface area contributed by atoms with Crippen molar-refractivity contribution >= 4 is 41.5 Å². The number of nitrogens with zero attached hydrogens (tertiary/aromatic N) is 2. The van der Waals surface area contributed by atoms with Gasteiger partial charge in [-0.05, 0) is 50.2 Å². The minimum absolute atomic E-state index is 0. The van der Waals surface area contributed by atoms with Crippen LogP contribution < -0.4 is 5.32 Å². The standard InChI is InChI=1S/C20H27ClFN3O.HI/c1-23-20(25-9-7-14(8-10-25)26-12-13-5-6-13)24-18-11-15(18)19-16(21)3-2-4-17(19)22;/h2-4,13-15,18H,5-12H2,1H3,(H,23,24);1H. The molecule has 1 heterocycles. The second-order valence-electron chi connectivity index (χ2n) is 7.74. The van der Waals surface area contributed by atoms with E-state index in [0.29, 0.717) is 16.7 Å². The van der Waals surface area contributed by atoms with E-state index >= 15 is 0 Å². The van der Waals surface area contributed by atoms with Gasteiger partial charge in [0.05, 0.1) is 6.10 Å². The van der Waals surface area contributed by atoms with Gasteiger partial charge in [0.25, 0.3) is 0 Å². The van der Waals surface area contributed by atoms with Gasteiger partial charge in [-0.1, -0.05) is 17.7 Å². The van der Waals surface area contributed by atoms with Crippen LogP contribution in [0.1, 0.15) is 43.6 Å². The molecular weight excluding hydrogens is 480 g/mol. The summed E-state index contributed by atoms with van der Waals surface area (Å²) in [4.78, 5) is 6.73. The fraction of sp³-hybridized carbons (Fsp3) is 0.650. The molecule has 1 aromatic carbocycles. The molecule has 2 aliphatic carbocycles. The Morgan fingerprint density at radius 1 is 1.30 bits per heavy atom. The first-order valence-electron chi connectivity index (χ1n) is 9.69. The quantitative estimate of drug-likeness (QED) is 0.364. The molecule has 0 radical (unpaired) electrons. The Labute approximate surface area is 182 Å². The Kier molecular flexibility index (Phi) is 7.25. The van der Waals surface area contributed by atoms with Gasteiger partial charge in [0.15, 0.2) is 5.96 Å². The van der Waals surface area contributed by atoms with Gasteiger partial charge in [-0.3, -0.25) is 4.99 Å². The van der Waals surface area contributed by atoms with Crippen molar-refractivity contribution in [1.82, 2.24) is 10.2 Å². The number of piperidine rings is 1. The van der Waals surface area contributed by atoms with Crippen LogP contribution in [0.15, 0.2) is 23.2 Å². The topological polar surface area (TPSA) is 36.9 Å². The maximum atomic E-state index is 14.1. The first-order valence-corrected chi connectivity index (χ1v) is 10.1. The van der Waals surface area contributed by atoms with Crippen LogP contribution in [0.3, 0.4) is 0 Å². The summed E-state index contributed by atoms with van der Waals surface area (Å²) in [5.74, 6) is 1.64. The highest BCUT2D eigenvalue weighted by Gasteiger charge is 2.42. The lowest BCUT2D eigenvalue weighted by atomic mass is 10.1. The Balaban J connectivity index is 0.00000210. The van der Waals surface area contributed by atoms with Gasteiger partial charge < -0.3 is 15.0 Å². The van der Waals surface area contributed by atoms with Crippen LogP contribution in [0.4, 0.5) is 4.39 Å². The van der Waals surface area contributed by atoms with Crippen LogP contribution in [0.2, 0.25) is 5.02 Å². The summed E-state index contributed by atoms with van der Waals surface area (Å²) in [5, 5.41) is 4.01. The van der Waals surface area contributed by atoms with Crippen LogP contribution in [0, 0.1) is 11.7 Å². The molecule has 0 aromatic heterocycles. The molecular formula is C20H28ClFIN3O. The molecule has 150 valence electrons. The van der Waals surface area contributed by atoms with Gasteiger partial charge in [-0.15, -0.1) is 24.0 Å². The average molecular weight is 508 g/mol. The highest BCUT2D eigenvalue weighted by Crippen LogP contribution is 2.45.